The van der Waals surface area contributed by atoms with E-state index in [1.165, 1.54) is 0 Å². The molecule has 0 saturated carbocycles. The van der Waals surface area contributed by atoms with Crippen LogP contribution in [0.15, 0.2) is 27.1 Å². The molecule has 1 aromatic carbocycles. The fraction of sp³-hybridized carbons (Fsp3) is 0.500. The summed E-state index contributed by atoms with van der Waals surface area (Å²) in [6.07, 6.45) is 1.65. The van der Waals surface area contributed by atoms with Crippen molar-refractivity contribution in [2.24, 2.45) is 0 Å². The Balaban J connectivity index is 1.90. The number of anilines is 1. The predicted molar refractivity (Wildman–Crippen MR) is 87.1 cm³/mol. The highest BCUT2D eigenvalue weighted by Gasteiger charge is 2.24. The smallest absolute Gasteiger partial charge is 0.409 e. The number of rotatable bonds is 3. The quantitative estimate of drug-likeness (QED) is 0.817. The summed E-state index contributed by atoms with van der Waals surface area (Å²) in [4.78, 5) is 13.4. The molecule has 1 saturated heterocycles. The molecular formula is C14H18Br2N2O2. The largest absolute Gasteiger partial charge is 0.450 e. The summed E-state index contributed by atoms with van der Waals surface area (Å²) >= 11 is 7.11. The van der Waals surface area contributed by atoms with E-state index in [0.29, 0.717) is 12.6 Å². The monoisotopic (exact) mass is 404 g/mol. The van der Waals surface area contributed by atoms with E-state index in [9.17, 15) is 4.79 Å². The lowest BCUT2D eigenvalue weighted by Gasteiger charge is -2.32. The van der Waals surface area contributed by atoms with Gasteiger partial charge in [0.25, 0.3) is 0 Å². The van der Waals surface area contributed by atoms with Crippen molar-refractivity contribution >= 4 is 43.6 Å². The highest BCUT2D eigenvalue weighted by atomic mass is 79.9. The van der Waals surface area contributed by atoms with E-state index in [1.54, 1.807) is 4.90 Å². The van der Waals surface area contributed by atoms with Gasteiger partial charge in [0.2, 0.25) is 0 Å². The second-order valence-electron chi connectivity index (χ2n) is 4.70. The van der Waals surface area contributed by atoms with Crippen LogP contribution < -0.4 is 5.32 Å². The van der Waals surface area contributed by atoms with Crippen LogP contribution >= 0.6 is 31.9 Å². The minimum Gasteiger partial charge on any atom is -0.450 e. The molecule has 0 unspecified atom stereocenters. The van der Waals surface area contributed by atoms with Crippen molar-refractivity contribution < 1.29 is 9.53 Å². The Morgan fingerprint density at radius 1 is 1.35 bits per heavy atom. The lowest BCUT2D eigenvalue weighted by Crippen LogP contribution is -2.42. The molecule has 0 spiro atoms. The predicted octanol–water partition coefficient (Wildman–Crippen LogP) is 4.24. The maximum absolute atomic E-state index is 11.6. The van der Waals surface area contributed by atoms with Crippen LogP contribution in [0.2, 0.25) is 0 Å². The summed E-state index contributed by atoms with van der Waals surface area (Å²) in [6.45, 7) is 3.73. The average Bonchev–Trinajstić information content (AvgIpc) is 2.44. The number of ether oxygens (including phenoxy) is 1. The molecule has 1 aliphatic heterocycles. The van der Waals surface area contributed by atoms with Crippen molar-refractivity contribution in [3.05, 3.63) is 27.1 Å². The normalized spacial score (nSPS) is 16.1. The van der Waals surface area contributed by atoms with Crippen molar-refractivity contribution in [3.8, 4) is 0 Å². The Hall–Kier alpha value is -0.750. The standard InChI is InChI=1S/C14H18Br2N2O2/c1-2-20-14(19)18-8-6-10(7-9-18)17-13-11(15)4-3-5-12(13)16/h3-5,10,17H,2,6-9H2,1H3. The molecule has 1 aliphatic rings. The van der Waals surface area contributed by atoms with Gasteiger partial charge < -0.3 is 15.0 Å². The van der Waals surface area contributed by atoms with Crippen LogP contribution in [-0.4, -0.2) is 36.7 Å². The summed E-state index contributed by atoms with van der Waals surface area (Å²) in [5.41, 5.74) is 1.07. The number of hydrogen-bond donors (Lipinski definition) is 1. The number of benzene rings is 1. The number of likely N-dealkylation sites (tertiary alicyclic amines) is 1. The van der Waals surface area contributed by atoms with E-state index in [1.807, 2.05) is 25.1 Å². The molecule has 0 bridgehead atoms. The molecule has 0 aromatic heterocycles. The van der Waals surface area contributed by atoms with Gasteiger partial charge in [-0.3, -0.25) is 0 Å². The number of halogens is 2. The van der Waals surface area contributed by atoms with Crippen LogP contribution in [0.3, 0.4) is 0 Å². The van der Waals surface area contributed by atoms with Crippen LogP contribution in [0.25, 0.3) is 0 Å². The first-order chi connectivity index (χ1) is 9.61. The molecule has 4 nitrogen and oxygen atoms in total. The van der Waals surface area contributed by atoms with Gasteiger partial charge in [-0.2, -0.15) is 0 Å². The zero-order chi connectivity index (χ0) is 14.5. The number of para-hydroxylation sites is 1. The number of nitrogens with one attached hydrogen (secondary N) is 1. The molecule has 110 valence electrons. The summed E-state index contributed by atoms with van der Waals surface area (Å²) in [6, 6.07) is 6.39. The lowest BCUT2D eigenvalue weighted by molar-refractivity contribution is 0.0983. The van der Waals surface area contributed by atoms with Crippen molar-refractivity contribution in [1.29, 1.82) is 0 Å². The third-order valence-electron chi connectivity index (χ3n) is 3.33. The highest BCUT2D eigenvalue weighted by molar-refractivity contribution is 9.11. The molecular weight excluding hydrogens is 388 g/mol. The lowest BCUT2D eigenvalue weighted by atomic mass is 10.1. The Morgan fingerprint density at radius 2 is 1.95 bits per heavy atom. The van der Waals surface area contributed by atoms with Gasteiger partial charge in [0.1, 0.15) is 0 Å². The van der Waals surface area contributed by atoms with E-state index in [0.717, 1.165) is 40.6 Å². The van der Waals surface area contributed by atoms with Crippen molar-refractivity contribution in [1.82, 2.24) is 4.90 Å². The second-order valence-corrected chi connectivity index (χ2v) is 6.41. The first-order valence-corrected chi connectivity index (χ1v) is 8.32. The molecule has 1 N–H and O–H groups in total. The van der Waals surface area contributed by atoms with Gasteiger partial charge in [-0.25, -0.2) is 4.79 Å². The first kappa shape index (κ1) is 15.6. The number of carbonyl (C=O) groups excluding carboxylic acids is 1. The zero-order valence-corrected chi connectivity index (χ0v) is 14.5. The van der Waals surface area contributed by atoms with Gasteiger partial charge in [0, 0.05) is 28.1 Å². The topological polar surface area (TPSA) is 41.6 Å². The highest BCUT2D eigenvalue weighted by Crippen LogP contribution is 2.32. The van der Waals surface area contributed by atoms with Crippen LogP contribution in [0.1, 0.15) is 19.8 Å². The van der Waals surface area contributed by atoms with Crippen molar-refractivity contribution in [2.45, 2.75) is 25.8 Å². The molecule has 1 amide bonds. The maximum Gasteiger partial charge on any atom is 0.409 e. The van der Waals surface area contributed by atoms with E-state index in [2.05, 4.69) is 37.2 Å². The minimum atomic E-state index is -0.201. The van der Waals surface area contributed by atoms with Gasteiger partial charge in [-0.1, -0.05) is 6.07 Å². The Labute approximate surface area is 136 Å². The molecule has 0 atom stereocenters. The Kier molecular flexibility index (Phi) is 5.72. The number of nitrogens with zero attached hydrogens (tertiary/aromatic N) is 1. The summed E-state index contributed by atoms with van der Waals surface area (Å²) in [5, 5.41) is 3.54. The van der Waals surface area contributed by atoms with Gasteiger partial charge in [0.05, 0.1) is 12.3 Å². The zero-order valence-electron chi connectivity index (χ0n) is 11.4. The summed E-state index contributed by atoms with van der Waals surface area (Å²) in [7, 11) is 0. The maximum atomic E-state index is 11.6. The van der Waals surface area contributed by atoms with Crippen LogP contribution in [0, 0.1) is 0 Å². The third kappa shape index (κ3) is 3.88. The van der Waals surface area contributed by atoms with Gasteiger partial charge >= 0.3 is 6.09 Å². The third-order valence-corrected chi connectivity index (χ3v) is 4.65. The van der Waals surface area contributed by atoms with Crippen LogP contribution in [-0.2, 0) is 4.74 Å². The number of carbonyl (C=O) groups is 1. The SMILES string of the molecule is CCOC(=O)N1CCC(Nc2c(Br)cccc2Br)CC1. The van der Waals surface area contributed by atoms with E-state index in [-0.39, 0.29) is 6.09 Å². The molecule has 20 heavy (non-hydrogen) atoms. The summed E-state index contributed by atoms with van der Waals surface area (Å²) in [5.74, 6) is 0. The second kappa shape index (κ2) is 7.31. The van der Waals surface area contributed by atoms with Gasteiger partial charge in [-0.15, -0.1) is 0 Å². The van der Waals surface area contributed by atoms with Gasteiger partial charge in [0.15, 0.2) is 0 Å². The average molecular weight is 406 g/mol. The van der Waals surface area contributed by atoms with Gasteiger partial charge in [-0.05, 0) is 63.8 Å². The minimum absolute atomic E-state index is 0.201. The fourth-order valence-electron chi connectivity index (χ4n) is 2.26. The molecule has 1 aromatic rings. The van der Waals surface area contributed by atoms with E-state index < -0.39 is 0 Å². The molecule has 1 fully saturated rings. The molecule has 2 rings (SSSR count). The summed E-state index contributed by atoms with van der Waals surface area (Å²) < 4.78 is 7.11. The van der Waals surface area contributed by atoms with E-state index >= 15 is 0 Å². The Morgan fingerprint density at radius 3 is 2.50 bits per heavy atom. The van der Waals surface area contributed by atoms with Crippen LogP contribution in [0.4, 0.5) is 10.5 Å². The molecule has 0 radical (unpaired) electrons. The number of amides is 1. The Bertz CT molecular complexity index is 454. The first-order valence-electron chi connectivity index (χ1n) is 6.74. The number of piperidine rings is 1. The molecule has 6 heteroatoms. The van der Waals surface area contributed by atoms with Crippen LogP contribution in [0.5, 0.6) is 0 Å². The van der Waals surface area contributed by atoms with Crippen molar-refractivity contribution in [2.75, 3.05) is 25.0 Å². The van der Waals surface area contributed by atoms with E-state index in [4.69, 9.17) is 4.74 Å². The molecule has 0 aliphatic carbocycles. The molecule has 1 heterocycles. The number of hydrogen-bond acceptors (Lipinski definition) is 3. The van der Waals surface area contributed by atoms with Crippen molar-refractivity contribution in [3.63, 3.8) is 0 Å². The fourth-order valence-corrected chi connectivity index (χ4v) is 3.49.